The zero-order valence-electron chi connectivity index (χ0n) is 18.5. The van der Waals surface area contributed by atoms with Crippen LogP contribution in [0.5, 0.6) is 0 Å². The number of methoxy groups -OCH3 is 1. The van der Waals surface area contributed by atoms with E-state index in [0.29, 0.717) is 12.1 Å². The summed E-state index contributed by atoms with van der Waals surface area (Å²) in [5, 5.41) is 0.0422. The van der Waals surface area contributed by atoms with Crippen molar-refractivity contribution in [2.24, 2.45) is 11.8 Å². The second kappa shape index (κ2) is 14.7. The number of carbonyl (C=O) groups excluding carboxylic acids is 3. The fourth-order valence-electron chi connectivity index (χ4n) is 3.60. The van der Waals surface area contributed by atoms with Crippen molar-refractivity contribution in [3.05, 3.63) is 23.9 Å². The first-order valence-corrected chi connectivity index (χ1v) is 12.7. The van der Waals surface area contributed by atoms with Gasteiger partial charge in [-0.1, -0.05) is 33.3 Å². The Hall–Kier alpha value is -1.25. The lowest BCUT2D eigenvalue weighted by Crippen LogP contribution is -2.46. The van der Waals surface area contributed by atoms with E-state index in [1.165, 1.54) is 7.11 Å². The molecule has 6 nitrogen and oxygen atoms in total. The van der Waals surface area contributed by atoms with Crippen LogP contribution >= 0.6 is 23.5 Å². The van der Waals surface area contributed by atoms with E-state index in [-0.39, 0.29) is 35.6 Å². The largest absolute Gasteiger partial charge is 0.468 e. The third-order valence-corrected chi connectivity index (χ3v) is 7.66. The monoisotopic (exact) mass is 457 g/mol. The van der Waals surface area contributed by atoms with E-state index in [1.807, 2.05) is 25.6 Å². The van der Waals surface area contributed by atoms with Crippen LogP contribution in [0.2, 0.25) is 0 Å². The molecule has 1 aliphatic carbocycles. The predicted molar refractivity (Wildman–Crippen MR) is 124 cm³/mol. The number of thioether (sulfide) groups is 2. The Labute approximate surface area is 188 Å². The predicted octanol–water partition coefficient (Wildman–Crippen LogP) is 3.96. The summed E-state index contributed by atoms with van der Waals surface area (Å²) in [5.74, 6) is 0.397. The van der Waals surface area contributed by atoms with Crippen molar-refractivity contribution in [1.82, 2.24) is 5.48 Å². The Balaban J connectivity index is 3.21. The highest BCUT2D eigenvalue weighted by Gasteiger charge is 2.48. The van der Waals surface area contributed by atoms with Crippen LogP contribution in [0, 0.1) is 11.8 Å². The maximum absolute atomic E-state index is 13.4. The lowest BCUT2D eigenvalue weighted by molar-refractivity contribution is -0.152. The van der Waals surface area contributed by atoms with Gasteiger partial charge in [-0.25, -0.2) is 0 Å². The van der Waals surface area contributed by atoms with Crippen molar-refractivity contribution >= 4 is 41.1 Å². The van der Waals surface area contributed by atoms with Crippen LogP contribution in [-0.2, 0) is 24.0 Å². The summed E-state index contributed by atoms with van der Waals surface area (Å²) >= 11 is 3.60. The molecule has 8 heteroatoms. The van der Waals surface area contributed by atoms with Crippen LogP contribution in [0.3, 0.4) is 0 Å². The topological polar surface area (TPSA) is 81.7 Å². The summed E-state index contributed by atoms with van der Waals surface area (Å²) in [6, 6.07) is 0. The highest BCUT2D eigenvalue weighted by Crippen LogP contribution is 2.39. The first-order valence-electron chi connectivity index (χ1n) is 10.5. The first kappa shape index (κ1) is 26.8. The lowest BCUT2D eigenvalue weighted by atomic mass is 9.72. The maximum Gasteiger partial charge on any atom is 0.316 e. The molecule has 0 aliphatic heterocycles. The number of allylic oxidation sites excluding steroid dienone is 2. The molecule has 0 radical (unpaired) electrons. The number of carbonyl (C=O) groups is 3. The Bertz CT molecular complexity index is 635. The molecule has 3 unspecified atom stereocenters. The van der Waals surface area contributed by atoms with Gasteiger partial charge in [-0.3, -0.25) is 24.7 Å². The van der Waals surface area contributed by atoms with Gasteiger partial charge in [0, 0.05) is 23.2 Å². The molecule has 0 saturated heterocycles. The van der Waals surface area contributed by atoms with Gasteiger partial charge in [0.25, 0.3) is 0 Å². The number of hydroxylamine groups is 1. The van der Waals surface area contributed by atoms with Crippen LogP contribution in [-0.4, -0.2) is 53.8 Å². The van der Waals surface area contributed by atoms with E-state index in [4.69, 9.17) is 9.57 Å². The van der Waals surface area contributed by atoms with Gasteiger partial charge in [0.2, 0.25) is 0 Å². The first-order chi connectivity index (χ1) is 14.5. The summed E-state index contributed by atoms with van der Waals surface area (Å²) in [6.07, 6.45) is 3.70. The van der Waals surface area contributed by atoms with Crippen LogP contribution < -0.4 is 5.48 Å². The van der Waals surface area contributed by atoms with Crippen LogP contribution in [0.1, 0.15) is 46.5 Å². The molecule has 1 N–H and O–H groups in total. The molecule has 170 valence electrons. The fraction of sp³-hybridized carbons (Fsp3) is 0.682. The van der Waals surface area contributed by atoms with Gasteiger partial charge in [0.05, 0.1) is 25.0 Å². The number of esters is 1. The van der Waals surface area contributed by atoms with Gasteiger partial charge >= 0.3 is 5.97 Å². The molecule has 0 spiro atoms. The number of hydrogen-bond acceptors (Lipinski definition) is 8. The number of rotatable bonds is 14. The molecule has 0 bridgehead atoms. The van der Waals surface area contributed by atoms with Gasteiger partial charge in [0.1, 0.15) is 5.92 Å². The summed E-state index contributed by atoms with van der Waals surface area (Å²) in [5.41, 5.74) is 3.22. The summed E-state index contributed by atoms with van der Waals surface area (Å²) in [7, 11) is 1.29. The Kier molecular flexibility index (Phi) is 13.1. The van der Waals surface area contributed by atoms with Crippen LogP contribution in [0.4, 0.5) is 0 Å². The zero-order chi connectivity index (χ0) is 22.5. The number of hydrogen-bond donors (Lipinski definition) is 1. The Morgan fingerprint density at radius 2 is 2.03 bits per heavy atom. The molecule has 1 rings (SSSR count). The van der Waals surface area contributed by atoms with Gasteiger partial charge in [-0.15, -0.1) is 6.58 Å². The number of ether oxygens (including phenoxy) is 1. The minimum atomic E-state index is -0.966. The molecule has 0 aromatic heterocycles. The number of ketones is 2. The molecule has 30 heavy (non-hydrogen) atoms. The lowest BCUT2D eigenvalue weighted by Gasteiger charge is -2.35. The molecular formula is C22H35NO5S2. The maximum atomic E-state index is 13.4. The minimum absolute atomic E-state index is 0.0422. The normalized spacial score (nSPS) is 21.9. The quantitative estimate of drug-likeness (QED) is 0.0798. The summed E-state index contributed by atoms with van der Waals surface area (Å²) < 4.78 is 4.98. The molecule has 0 aromatic rings. The molecule has 0 amide bonds. The number of nitrogens with one attached hydrogen (secondary N) is 1. The highest BCUT2D eigenvalue weighted by atomic mass is 32.2. The van der Waals surface area contributed by atoms with E-state index in [0.717, 1.165) is 30.1 Å². The summed E-state index contributed by atoms with van der Waals surface area (Å²) in [6.45, 7) is 9.92. The van der Waals surface area contributed by atoms with Gasteiger partial charge in [-0.2, -0.15) is 23.5 Å². The molecule has 0 aromatic carbocycles. The second-order valence-electron chi connectivity index (χ2n) is 6.98. The van der Waals surface area contributed by atoms with Crippen molar-refractivity contribution in [2.45, 2.75) is 51.7 Å². The fourth-order valence-corrected chi connectivity index (χ4v) is 5.79. The smallest absolute Gasteiger partial charge is 0.316 e. The average molecular weight is 458 g/mol. The van der Waals surface area contributed by atoms with E-state index >= 15 is 0 Å². The Morgan fingerprint density at radius 3 is 2.60 bits per heavy atom. The van der Waals surface area contributed by atoms with Crippen molar-refractivity contribution < 1.29 is 24.0 Å². The van der Waals surface area contributed by atoms with Gasteiger partial charge in [0.15, 0.2) is 11.6 Å². The van der Waals surface area contributed by atoms with E-state index in [2.05, 4.69) is 19.0 Å². The van der Waals surface area contributed by atoms with Crippen molar-refractivity contribution in [1.29, 1.82) is 0 Å². The molecular weight excluding hydrogens is 422 g/mol. The van der Waals surface area contributed by atoms with Crippen molar-refractivity contribution in [3.63, 3.8) is 0 Å². The van der Waals surface area contributed by atoms with Crippen LogP contribution in [0.15, 0.2) is 23.9 Å². The standard InChI is InChI=1S/C22H35NO5S2/c1-6-10-16(23-28-11-7-2)20-17(24)14-15(19(21(20)25)22(26)27-5)18(8-3)30-13-12-29-9-4/h7,15,18-19,23H,2,6,8-14H2,1,3-5H3. The van der Waals surface area contributed by atoms with Crippen LogP contribution in [0.25, 0.3) is 0 Å². The van der Waals surface area contributed by atoms with Gasteiger partial charge < -0.3 is 4.74 Å². The van der Waals surface area contributed by atoms with E-state index < -0.39 is 17.7 Å². The molecule has 1 aliphatic rings. The highest BCUT2D eigenvalue weighted by molar-refractivity contribution is 8.03. The molecule has 0 heterocycles. The summed E-state index contributed by atoms with van der Waals surface area (Å²) in [4.78, 5) is 44.4. The second-order valence-corrected chi connectivity index (χ2v) is 9.72. The zero-order valence-corrected chi connectivity index (χ0v) is 20.2. The molecule has 1 fully saturated rings. The molecule has 3 atom stereocenters. The third kappa shape index (κ3) is 7.46. The Morgan fingerprint density at radius 1 is 1.30 bits per heavy atom. The van der Waals surface area contributed by atoms with E-state index in [1.54, 1.807) is 17.8 Å². The van der Waals surface area contributed by atoms with Crippen molar-refractivity contribution in [3.8, 4) is 0 Å². The SMILES string of the molecule is C=CCONC(CCC)=C1C(=O)CC(C(CC)SCCSCC)C(C(=O)OC)C1=O. The van der Waals surface area contributed by atoms with Gasteiger partial charge in [-0.05, 0) is 24.5 Å². The average Bonchev–Trinajstić information content (AvgIpc) is 2.73. The minimum Gasteiger partial charge on any atom is -0.468 e. The van der Waals surface area contributed by atoms with E-state index in [9.17, 15) is 14.4 Å². The van der Waals surface area contributed by atoms with Crippen molar-refractivity contribution in [2.75, 3.05) is 31.0 Å². The molecule has 1 saturated carbocycles. The third-order valence-electron chi connectivity index (χ3n) is 4.95. The number of Topliss-reactive ketones (excluding diaryl/α,β-unsaturated/α-hetero) is 2.